The topological polar surface area (TPSA) is 43.8 Å². The van der Waals surface area contributed by atoms with Crippen LogP contribution in [0.25, 0.3) is 11.1 Å². The molecule has 2 aromatic carbocycles. The van der Waals surface area contributed by atoms with Crippen LogP contribution in [0, 0.1) is 0 Å². The van der Waals surface area contributed by atoms with Gasteiger partial charge >= 0.3 is 0 Å². The molecule has 4 rings (SSSR count). The molecule has 2 fully saturated rings. The van der Waals surface area contributed by atoms with Gasteiger partial charge in [-0.05, 0) is 61.7 Å². The maximum Gasteiger partial charge on any atom is 0.253 e. The third kappa shape index (κ3) is 3.34. The van der Waals surface area contributed by atoms with Crippen LogP contribution in [0.5, 0.6) is 5.75 Å². The van der Waals surface area contributed by atoms with Crippen molar-refractivity contribution in [3.63, 3.8) is 0 Å². The van der Waals surface area contributed by atoms with Crippen molar-refractivity contribution in [1.82, 2.24) is 9.80 Å². The number of rotatable bonds is 3. The van der Waals surface area contributed by atoms with Crippen LogP contribution in [0.3, 0.4) is 0 Å². The standard InChI is InChI=1S/C22H26N2O2/c1-16-5-2-3-12-24(16)20-14-23(15-20)22(26)19-7-4-6-18(13-19)17-8-10-21(25)11-9-17/h4,6-11,13,16,20,25H,2-3,5,12,14-15H2,1H3/t16-/m0/s1. The van der Waals surface area contributed by atoms with Crippen molar-refractivity contribution in [2.45, 2.75) is 38.3 Å². The fourth-order valence-corrected chi connectivity index (χ4v) is 4.16. The van der Waals surface area contributed by atoms with Crippen LogP contribution in [0.1, 0.15) is 36.5 Å². The van der Waals surface area contributed by atoms with Gasteiger partial charge < -0.3 is 10.0 Å². The van der Waals surface area contributed by atoms with Crippen LogP contribution >= 0.6 is 0 Å². The van der Waals surface area contributed by atoms with Crippen molar-refractivity contribution in [3.8, 4) is 16.9 Å². The maximum absolute atomic E-state index is 12.8. The zero-order valence-electron chi connectivity index (χ0n) is 15.3. The highest BCUT2D eigenvalue weighted by atomic mass is 16.3. The molecule has 1 N–H and O–H groups in total. The number of benzene rings is 2. The lowest BCUT2D eigenvalue weighted by molar-refractivity contribution is 0.00213. The second kappa shape index (κ2) is 7.12. The van der Waals surface area contributed by atoms with E-state index >= 15 is 0 Å². The lowest BCUT2D eigenvalue weighted by Gasteiger charge is -2.49. The molecular weight excluding hydrogens is 324 g/mol. The summed E-state index contributed by atoms with van der Waals surface area (Å²) in [4.78, 5) is 17.4. The highest BCUT2D eigenvalue weighted by Gasteiger charge is 2.37. The van der Waals surface area contributed by atoms with Crippen molar-refractivity contribution in [1.29, 1.82) is 0 Å². The molecule has 2 aliphatic heterocycles. The fraction of sp³-hybridized carbons (Fsp3) is 0.409. The average Bonchev–Trinajstić information content (AvgIpc) is 2.63. The Morgan fingerprint density at radius 3 is 2.54 bits per heavy atom. The number of aromatic hydroxyl groups is 1. The summed E-state index contributed by atoms with van der Waals surface area (Å²) in [6.45, 7) is 5.16. The first-order valence-corrected chi connectivity index (χ1v) is 9.56. The Morgan fingerprint density at radius 2 is 1.81 bits per heavy atom. The first-order valence-electron chi connectivity index (χ1n) is 9.56. The number of likely N-dealkylation sites (tertiary alicyclic amines) is 2. The number of phenolic OH excluding ortho intramolecular Hbond substituents is 1. The van der Waals surface area contributed by atoms with E-state index in [1.54, 1.807) is 12.1 Å². The minimum absolute atomic E-state index is 0.117. The number of hydrogen-bond donors (Lipinski definition) is 1. The molecule has 0 spiro atoms. The van der Waals surface area contributed by atoms with E-state index in [-0.39, 0.29) is 11.7 Å². The highest BCUT2D eigenvalue weighted by Crippen LogP contribution is 2.27. The molecule has 0 aliphatic carbocycles. The van der Waals surface area contributed by atoms with Gasteiger partial charge in [0.05, 0.1) is 0 Å². The number of piperidine rings is 1. The molecular formula is C22H26N2O2. The molecule has 1 amide bonds. The van der Waals surface area contributed by atoms with Gasteiger partial charge in [0.25, 0.3) is 5.91 Å². The van der Waals surface area contributed by atoms with E-state index in [2.05, 4.69) is 11.8 Å². The number of carbonyl (C=O) groups is 1. The Balaban J connectivity index is 1.43. The Hall–Kier alpha value is -2.33. The second-order valence-electron chi connectivity index (χ2n) is 7.57. The monoisotopic (exact) mass is 350 g/mol. The van der Waals surface area contributed by atoms with E-state index in [0.29, 0.717) is 12.1 Å². The summed E-state index contributed by atoms with van der Waals surface area (Å²) in [5, 5.41) is 9.44. The summed E-state index contributed by atoms with van der Waals surface area (Å²) in [5.41, 5.74) is 2.74. The first kappa shape index (κ1) is 17.1. The number of phenols is 1. The van der Waals surface area contributed by atoms with Crippen molar-refractivity contribution in [2.75, 3.05) is 19.6 Å². The maximum atomic E-state index is 12.8. The Morgan fingerprint density at radius 1 is 1.04 bits per heavy atom. The van der Waals surface area contributed by atoms with Crippen LogP contribution < -0.4 is 0 Å². The second-order valence-corrected chi connectivity index (χ2v) is 7.57. The number of hydrogen-bond acceptors (Lipinski definition) is 3. The lowest BCUT2D eigenvalue weighted by atomic mass is 9.96. The molecule has 2 aliphatic rings. The van der Waals surface area contributed by atoms with Crippen molar-refractivity contribution >= 4 is 5.91 Å². The van der Waals surface area contributed by atoms with Crippen molar-refractivity contribution < 1.29 is 9.90 Å². The van der Waals surface area contributed by atoms with Gasteiger partial charge in [0, 0.05) is 30.7 Å². The van der Waals surface area contributed by atoms with Crippen LogP contribution in [0.2, 0.25) is 0 Å². The molecule has 0 radical (unpaired) electrons. The van der Waals surface area contributed by atoms with E-state index in [0.717, 1.165) is 29.8 Å². The molecule has 4 nitrogen and oxygen atoms in total. The highest BCUT2D eigenvalue weighted by molar-refractivity contribution is 5.96. The van der Waals surface area contributed by atoms with E-state index in [9.17, 15) is 9.90 Å². The molecule has 0 bridgehead atoms. The third-order valence-corrected chi connectivity index (χ3v) is 5.78. The summed E-state index contributed by atoms with van der Waals surface area (Å²) < 4.78 is 0. The van der Waals surface area contributed by atoms with Gasteiger partial charge in [-0.1, -0.05) is 30.7 Å². The van der Waals surface area contributed by atoms with Crippen LogP contribution in [0.15, 0.2) is 48.5 Å². The van der Waals surface area contributed by atoms with Gasteiger partial charge in [0.15, 0.2) is 0 Å². The van der Waals surface area contributed by atoms with Crippen molar-refractivity contribution in [3.05, 3.63) is 54.1 Å². The summed E-state index contributed by atoms with van der Waals surface area (Å²) in [6, 6.07) is 16.0. The largest absolute Gasteiger partial charge is 0.508 e. The van der Waals surface area contributed by atoms with E-state index in [4.69, 9.17) is 0 Å². The van der Waals surface area contributed by atoms with Gasteiger partial charge in [0.2, 0.25) is 0 Å². The van der Waals surface area contributed by atoms with Crippen molar-refractivity contribution in [2.24, 2.45) is 0 Å². The lowest BCUT2D eigenvalue weighted by Crippen LogP contribution is -2.63. The van der Waals surface area contributed by atoms with E-state index < -0.39 is 0 Å². The summed E-state index contributed by atoms with van der Waals surface area (Å²) in [5.74, 6) is 0.367. The predicted molar refractivity (Wildman–Crippen MR) is 103 cm³/mol. The molecule has 0 aromatic heterocycles. The summed E-state index contributed by atoms with van der Waals surface area (Å²) >= 11 is 0. The van der Waals surface area contributed by atoms with Gasteiger partial charge in [-0.3, -0.25) is 9.69 Å². The minimum atomic E-state index is 0.117. The molecule has 1 atom stereocenters. The number of amides is 1. The van der Waals surface area contributed by atoms with Crippen LogP contribution in [-0.2, 0) is 0 Å². The molecule has 4 heteroatoms. The fourth-order valence-electron chi connectivity index (χ4n) is 4.16. The normalized spacial score (nSPS) is 21.4. The zero-order chi connectivity index (χ0) is 18.1. The Bertz CT molecular complexity index is 781. The molecule has 2 heterocycles. The zero-order valence-corrected chi connectivity index (χ0v) is 15.3. The number of carbonyl (C=O) groups excluding carboxylic acids is 1. The smallest absolute Gasteiger partial charge is 0.253 e. The molecule has 136 valence electrons. The average molecular weight is 350 g/mol. The van der Waals surface area contributed by atoms with Gasteiger partial charge in [-0.2, -0.15) is 0 Å². The quantitative estimate of drug-likeness (QED) is 0.917. The van der Waals surface area contributed by atoms with Crippen LogP contribution in [0.4, 0.5) is 0 Å². The molecule has 2 saturated heterocycles. The molecule has 0 saturated carbocycles. The number of nitrogens with zero attached hydrogens (tertiary/aromatic N) is 2. The van der Waals surface area contributed by atoms with E-state index in [1.165, 1.54) is 25.8 Å². The van der Waals surface area contributed by atoms with Gasteiger partial charge in [0.1, 0.15) is 5.75 Å². The first-order chi connectivity index (χ1) is 12.6. The third-order valence-electron chi connectivity index (χ3n) is 5.78. The minimum Gasteiger partial charge on any atom is -0.508 e. The molecule has 0 unspecified atom stereocenters. The molecule has 26 heavy (non-hydrogen) atoms. The summed E-state index contributed by atoms with van der Waals surface area (Å²) in [7, 11) is 0. The SMILES string of the molecule is C[C@H]1CCCCN1C1CN(C(=O)c2cccc(-c3ccc(O)cc3)c2)C1. The molecule has 2 aromatic rings. The van der Waals surface area contributed by atoms with Gasteiger partial charge in [-0.25, -0.2) is 0 Å². The Kier molecular flexibility index (Phi) is 4.68. The van der Waals surface area contributed by atoms with E-state index in [1.807, 2.05) is 41.3 Å². The summed E-state index contributed by atoms with van der Waals surface area (Å²) in [6.07, 6.45) is 3.89. The van der Waals surface area contributed by atoms with Gasteiger partial charge in [-0.15, -0.1) is 0 Å². The predicted octanol–water partition coefficient (Wildman–Crippen LogP) is 3.76. The Labute approximate surface area is 155 Å². The van der Waals surface area contributed by atoms with Crippen LogP contribution in [-0.4, -0.2) is 52.5 Å².